The van der Waals surface area contributed by atoms with Crippen molar-refractivity contribution in [3.63, 3.8) is 0 Å². The van der Waals surface area contributed by atoms with E-state index in [1.165, 1.54) is 0 Å². The first-order chi connectivity index (χ1) is 5.16. The lowest BCUT2D eigenvalue weighted by atomic mass is 10.4. The van der Waals surface area contributed by atoms with Crippen molar-refractivity contribution in [3.05, 3.63) is 10.4 Å². The van der Waals surface area contributed by atoms with Gasteiger partial charge < -0.3 is 5.11 Å². The molecule has 62 valence electrons. The molecule has 1 atom stereocenters. The van der Waals surface area contributed by atoms with E-state index in [0.717, 1.165) is 0 Å². The summed E-state index contributed by atoms with van der Waals surface area (Å²) in [5.41, 5.74) is 12.2. The number of hydrogen-bond donors (Lipinski definition) is 3. The molecule has 3 N–H and O–H groups in total. The van der Waals surface area contributed by atoms with Gasteiger partial charge in [-0.05, 0) is 12.5 Å². The molecule has 0 aromatic rings. The van der Waals surface area contributed by atoms with E-state index in [4.69, 9.17) is 10.6 Å². The number of rotatable bonds is 4. The largest absolute Gasteiger partial charge is 0.464 e. The minimum Gasteiger partial charge on any atom is -0.464 e. The zero-order valence-corrected chi connectivity index (χ0v) is 5.98. The van der Waals surface area contributed by atoms with Crippen molar-refractivity contribution in [2.75, 3.05) is 6.54 Å². The molecule has 0 fully saturated rings. The summed E-state index contributed by atoms with van der Waals surface area (Å²) in [6, 6.07) is -0.206. The lowest BCUT2D eigenvalue weighted by Crippen LogP contribution is -2.43. The number of azide groups is 1. The normalized spacial score (nSPS) is 11.4. The second-order valence-electron chi connectivity index (χ2n) is 1.89. The van der Waals surface area contributed by atoms with E-state index >= 15 is 0 Å². The van der Waals surface area contributed by atoms with Gasteiger partial charge in [0.15, 0.2) is 0 Å². The van der Waals surface area contributed by atoms with Crippen LogP contribution in [-0.4, -0.2) is 23.8 Å². The van der Waals surface area contributed by atoms with Crippen LogP contribution < -0.4 is 10.9 Å². The third kappa shape index (κ3) is 6.42. The molecular weight excluding hydrogens is 150 g/mol. The third-order valence-electron chi connectivity index (χ3n) is 0.844. The molecule has 0 aliphatic rings. The SMILES string of the molecule is C[C@@H](CN=[N+]=[N-])NNC(=O)O. The second-order valence-corrected chi connectivity index (χ2v) is 1.89. The van der Waals surface area contributed by atoms with Crippen LogP contribution in [0.3, 0.4) is 0 Å². The Kier molecular flexibility index (Phi) is 4.63. The van der Waals surface area contributed by atoms with E-state index in [1.807, 2.05) is 5.43 Å². The van der Waals surface area contributed by atoms with Crippen LogP contribution in [0.1, 0.15) is 6.92 Å². The quantitative estimate of drug-likeness (QED) is 0.240. The Labute approximate surface area is 63.0 Å². The van der Waals surface area contributed by atoms with Crippen molar-refractivity contribution in [3.8, 4) is 0 Å². The molecule has 0 radical (unpaired) electrons. The molecule has 0 saturated heterocycles. The van der Waals surface area contributed by atoms with Crippen molar-refractivity contribution in [1.29, 1.82) is 0 Å². The molecule has 0 heterocycles. The van der Waals surface area contributed by atoms with Gasteiger partial charge in [0, 0.05) is 17.5 Å². The summed E-state index contributed by atoms with van der Waals surface area (Å²) in [4.78, 5) is 12.4. The van der Waals surface area contributed by atoms with E-state index in [1.54, 1.807) is 6.92 Å². The highest BCUT2D eigenvalue weighted by molar-refractivity contribution is 5.63. The van der Waals surface area contributed by atoms with E-state index < -0.39 is 6.09 Å². The predicted molar refractivity (Wildman–Crippen MR) is 37.8 cm³/mol. The maximum Gasteiger partial charge on any atom is 0.419 e. The fourth-order valence-corrected chi connectivity index (χ4v) is 0.390. The molecular formula is C4H9N5O2. The first-order valence-corrected chi connectivity index (χ1v) is 2.92. The fourth-order valence-electron chi connectivity index (χ4n) is 0.390. The summed E-state index contributed by atoms with van der Waals surface area (Å²) in [5.74, 6) is 0. The Hall–Kier alpha value is -1.46. The van der Waals surface area contributed by atoms with Crippen LogP contribution in [0.4, 0.5) is 4.79 Å². The monoisotopic (exact) mass is 159 g/mol. The van der Waals surface area contributed by atoms with Gasteiger partial charge in [0.2, 0.25) is 0 Å². The van der Waals surface area contributed by atoms with Crippen molar-refractivity contribution in [1.82, 2.24) is 10.9 Å². The van der Waals surface area contributed by atoms with Crippen LogP contribution in [-0.2, 0) is 0 Å². The summed E-state index contributed by atoms with van der Waals surface area (Å²) in [6.07, 6.45) is -1.17. The van der Waals surface area contributed by atoms with Crippen LogP contribution in [0.5, 0.6) is 0 Å². The van der Waals surface area contributed by atoms with Crippen LogP contribution in [0.2, 0.25) is 0 Å². The zero-order valence-electron chi connectivity index (χ0n) is 5.98. The minimum absolute atomic E-state index is 0.205. The molecule has 7 heteroatoms. The fraction of sp³-hybridized carbons (Fsp3) is 0.750. The number of hydrogen-bond acceptors (Lipinski definition) is 3. The van der Waals surface area contributed by atoms with E-state index in [9.17, 15) is 4.79 Å². The van der Waals surface area contributed by atoms with E-state index in [-0.39, 0.29) is 12.6 Å². The molecule has 0 saturated carbocycles. The van der Waals surface area contributed by atoms with Crippen LogP contribution in [0.15, 0.2) is 5.11 Å². The molecule has 7 nitrogen and oxygen atoms in total. The summed E-state index contributed by atoms with van der Waals surface area (Å²) in [6.45, 7) is 1.89. The van der Waals surface area contributed by atoms with Crippen LogP contribution in [0, 0.1) is 0 Å². The third-order valence-corrected chi connectivity index (χ3v) is 0.844. The summed E-state index contributed by atoms with van der Waals surface area (Å²) in [7, 11) is 0. The lowest BCUT2D eigenvalue weighted by molar-refractivity contribution is 0.187. The molecule has 0 aromatic carbocycles. The van der Waals surface area contributed by atoms with Gasteiger partial charge in [-0.15, -0.1) is 0 Å². The molecule has 0 aromatic heterocycles. The smallest absolute Gasteiger partial charge is 0.419 e. The zero-order chi connectivity index (χ0) is 8.69. The highest BCUT2D eigenvalue weighted by Crippen LogP contribution is 1.80. The topological polar surface area (TPSA) is 110 Å². The van der Waals surface area contributed by atoms with Crippen molar-refractivity contribution in [2.24, 2.45) is 5.11 Å². The molecule has 0 bridgehead atoms. The number of nitrogens with zero attached hydrogens (tertiary/aromatic N) is 3. The summed E-state index contributed by atoms with van der Waals surface area (Å²) >= 11 is 0. The molecule has 0 aliphatic heterocycles. The van der Waals surface area contributed by atoms with Gasteiger partial charge in [0.1, 0.15) is 0 Å². The highest BCUT2D eigenvalue weighted by Gasteiger charge is 1.99. The number of hydrazine groups is 1. The van der Waals surface area contributed by atoms with Crippen molar-refractivity contribution >= 4 is 6.09 Å². The van der Waals surface area contributed by atoms with E-state index in [0.29, 0.717) is 0 Å². The average Bonchev–Trinajstić information content (AvgIpc) is 1.97. The number of carboxylic acid groups (broad SMARTS) is 1. The van der Waals surface area contributed by atoms with Gasteiger partial charge in [0.25, 0.3) is 0 Å². The van der Waals surface area contributed by atoms with Crippen molar-refractivity contribution in [2.45, 2.75) is 13.0 Å². The first kappa shape index (κ1) is 9.54. The van der Waals surface area contributed by atoms with Gasteiger partial charge in [0.05, 0.1) is 0 Å². The Morgan fingerprint density at radius 2 is 2.55 bits per heavy atom. The first-order valence-electron chi connectivity index (χ1n) is 2.92. The van der Waals surface area contributed by atoms with E-state index in [2.05, 4.69) is 15.5 Å². The summed E-state index contributed by atoms with van der Waals surface area (Å²) < 4.78 is 0. The van der Waals surface area contributed by atoms with Gasteiger partial charge in [-0.3, -0.25) is 5.43 Å². The second kappa shape index (κ2) is 5.33. The summed E-state index contributed by atoms with van der Waals surface area (Å²) in [5, 5.41) is 11.3. The standard InChI is InChI=1S/C4H9N5O2/c1-3(2-6-9-5)7-8-4(10)11/h3,7-8H,2H2,1H3,(H,10,11)/t3-/m0/s1. The average molecular weight is 159 g/mol. The Bertz CT molecular complexity index is 175. The predicted octanol–water partition coefficient (Wildman–Crippen LogP) is 0.457. The highest BCUT2D eigenvalue weighted by atomic mass is 16.4. The maximum atomic E-state index is 9.90. The Balaban J connectivity index is 3.44. The van der Waals surface area contributed by atoms with Gasteiger partial charge in [-0.2, -0.15) is 0 Å². The van der Waals surface area contributed by atoms with Gasteiger partial charge in [-0.1, -0.05) is 5.11 Å². The van der Waals surface area contributed by atoms with Crippen molar-refractivity contribution < 1.29 is 9.90 Å². The molecule has 0 unspecified atom stereocenters. The van der Waals surface area contributed by atoms with Crippen LogP contribution >= 0.6 is 0 Å². The Morgan fingerprint density at radius 1 is 1.91 bits per heavy atom. The number of nitrogens with one attached hydrogen (secondary N) is 2. The van der Waals surface area contributed by atoms with Gasteiger partial charge in [-0.25, -0.2) is 10.2 Å². The molecule has 0 aliphatic carbocycles. The number of carbonyl (C=O) groups is 1. The van der Waals surface area contributed by atoms with Crippen LogP contribution in [0.25, 0.3) is 10.4 Å². The molecule has 11 heavy (non-hydrogen) atoms. The lowest BCUT2D eigenvalue weighted by Gasteiger charge is -2.08. The molecule has 0 rings (SSSR count). The maximum absolute atomic E-state index is 9.90. The molecule has 0 spiro atoms. The Morgan fingerprint density at radius 3 is 3.00 bits per heavy atom. The minimum atomic E-state index is -1.17. The number of amides is 1. The molecule has 1 amide bonds. The van der Waals surface area contributed by atoms with Gasteiger partial charge >= 0.3 is 6.09 Å².